The van der Waals surface area contributed by atoms with Gasteiger partial charge in [0.05, 0.1) is 5.56 Å². The number of benzene rings is 1. The Bertz CT molecular complexity index is 428. The number of carbonyl (C=O) groups excluding carboxylic acids is 1. The number of hydrogen-bond donors (Lipinski definition) is 2. The van der Waals surface area contributed by atoms with Crippen LogP contribution in [0.15, 0.2) is 18.2 Å². The Morgan fingerprint density at radius 1 is 1.50 bits per heavy atom. The minimum Gasteiger partial charge on any atom is -0.385 e. The molecular weight excluding hydrogens is 244 g/mol. The van der Waals surface area contributed by atoms with E-state index in [0.717, 1.165) is 35.7 Å². The van der Waals surface area contributed by atoms with E-state index in [1.54, 1.807) is 0 Å². The minimum atomic E-state index is 0.0402. The van der Waals surface area contributed by atoms with Crippen LogP contribution in [-0.2, 0) is 0 Å². The molecule has 1 amide bonds. The Hall–Kier alpha value is -1.16. The highest BCUT2D eigenvalue weighted by atomic mass is 32.2. The van der Waals surface area contributed by atoms with E-state index in [4.69, 9.17) is 0 Å². The Balaban J connectivity index is 2.12. The van der Waals surface area contributed by atoms with Crippen molar-refractivity contribution in [1.82, 2.24) is 5.32 Å². The summed E-state index contributed by atoms with van der Waals surface area (Å²) in [6.07, 6.45) is 1.08. The van der Waals surface area contributed by atoms with Gasteiger partial charge >= 0.3 is 0 Å². The minimum absolute atomic E-state index is 0.0402. The molecule has 0 spiro atoms. The lowest BCUT2D eigenvalue weighted by Crippen LogP contribution is -2.35. The van der Waals surface area contributed by atoms with Crippen LogP contribution in [0.25, 0.3) is 0 Å². The molecule has 2 rings (SSSR count). The normalized spacial score (nSPS) is 18.7. The molecule has 3 nitrogen and oxygen atoms in total. The van der Waals surface area contributed by atoms with Crippen LogP contribution in [0.4, 0.5) is 5.69 Å². The molecule has 98 valence electrons. The predicted molar refractivity (Wildman–Crippen MR) is 78.5 cm³/mol. The van der Waals surface area contributed by atoms with Gasteiger partial charge in [0, 0.05) is 24.0 Å². The molecule has 1 heterocycles. The molecule has 2 N–H and O–H groups in total. The zero-order valence-electron chi connectivity index (χ0n) is 11.0. The Labute approximate surface area is 113 Å². The maximum Gasteiger partial charge on any atom is 0.253 e. The lowest BCUT2D eigenvalue weighted by atomic mass is 10.1. The zero-order chi connectivity index (χ0) is 13.0. The van der Waals surface area contributed by atoms with E-state index in [-0.39, 0.29) is 5.91 Å². The van der Waals surface area contributed by atoms with Crippen molar-refractivity contribution in [2.75, 3.05) is 23.4 Å². The standard InChI is InChI=1S/C14H20N2OS/c1-3-15-13-8-10(2)4-5-12(13)14(17)16-11-6-7-18-9-11/h4-5,8,11,15H,3,6-7,9H2,1-2H3,(H,16,17). The number of carbonyl (C=O) groups is 1. The van der Waals surface area contributed by atoms with Crippen molar-refractivity contribution < 1.29 is 4.79 Å². The van der Waals surface area contributed by atoms with Gasteiger partial charge in [0.15, 0.2) is 0 Å². The molecule has 1 aromatic carbocycles. The Morgan fingerprint density at radius 2 is 2.33 bits per heavy atom. The summed E-state index contributed by atoms with van der Waals surface area (Å²) in [6.45, 7) is 4.90. The number of nitrogens with one attached hydrogen (secondary N) is 2. The van der Waals surface area contributed by atoms with Crippen LogP contribution in [0, 0.1) is 6.92 Å². The van der Waals surface area contributed by atoms with Gasteiger partial charge in [-0.25, -0.2) is 0 Å². The fourth-order valence-electron chi connectivity index (χ4n) is 2.10. The van der Waals surface area contributed by atoms with Gasteiger partial charge < -0.3 is 10.6 Å². The van der Waals surface area contributed by atoms with Gasteiger partial charge in [0.1, 0.15) is 0 Å². The molecule has 1 atom stereocenters. The number of thioether (sulfide) groups is 1. The van der Waals surface area contributed by atoms with Crippen LogP contribution in [-0.4, -0.2) is 30.0 Å². The van der Waals surface area contributed by atoms with E-state index in [9.17, 15) is 4.79 Å². The van der Waals surface area contributed by atoms with E-state index in [1.807, 2.05) is 43.8 Å². The molecule has 18 heavy (non-hydrogen) atoms. The van der Waals surface area contributed by atoms with Crippen LogP contribution in [0.3, 0.4) is 0 Å². The highest BCUT2D eigenvalue weighted by Gasteiger charge is 2.19. The zero-order valence-corrected chi connectivity index (χ0v) is 11.8. The first-order valence-corrected chi connectivity index (χ1v) is 7.59. The fraction of sp³-hybridized carbons (Fsp3) is 0.500. The largest absolute Gasteiger partial charge is 0.385 e. The smallest absolute Gasteiger partial charge is 0.253 e. The second kappa shape index (κ2) is 6.14. The molecule has 4 heteroatoms. The summed E-state index contributed by atoms with van der Waals surface area (Å²) in [5.41, 5.74) is 2.85. The molecule has 1 unspecified atom stereocenters. The molecular formula is C14H20N2OS. The maximum absolute atomic E-state index is 12.2. The summed E-state index contributed by atoms with van der Waals surface area (Å²) in [6, 6.07) is 6.25. The summed E-state index contributed by atoms with van der Waals surface area (Å²) < 4.78 is 0. The summed E-state index contributed by atoms with van der Waals surface area (Å²) in [5.74, 6) is 2.23. The number of aryl methyl sites for hydroxylation is 1. The molecule has 1 saturated heterocycles. The quantitative estimate of drug-likeness (QED) is 0.878. The van der Waals surface area contributed by atoms with Crippen LogP contribution in [0.2, 0.25) is 0 Å². The van der Waals surface area contributed by atoms with Crippen molar-refractivity contribution in [3.8, 4) is 0 Å². The molecule has 0 aromatic heterocycles. The maximum atomic E-state index is 12.2. The van der Waals surface area contributed by atoms with E-state index >= 15 is 0 Å². The molecule has 1 aromatic rings. The van der Waals surface area contributed by atoms with E-state index in [0.29, 0.717) is 6.04 Å². The SMILES string of the molecule is CCNc1cc(C)ccc1C(=O)NC1CCSC1. The molecule has 1 fully saturated rings. The second-order valence-corrected chi connectivity index (χ2v) is 5.76. The Morgan fingerprint density at radius 3 is 3.00 bits per heavy atom. The number of amides is 1. The van der Waals surface area contributed by atoms with Gasteiger partial charge in [-0.3, -0.25) is 4.79 Å². The third kappa shape index (κ3) is 3.19. The highest BCUT2D eigenvalue weighted by Crippen LogP contribution is 2.20. The molecule has 0 radical (unpaired) electrons. The monoisotopic (exact) mass is 264 g/mol. The van der Waals surface area contributed by atoms with Gasteiger partial charge in [-0.2, -0.15) is 11.8 Å². The second-order valence-electron chi connectivity index (χ2n) is 4.61. The molecule has 0 bridgehead atoms. The fourth-order valence-corrected chi connectivity index (χ4v) is 3.26. The van der Waals surface area contributed by atoms with Crippen molar-refractivity contribution in [2.24, 2.45) is 0 Å². The average Bonchev–Trinajstić information content (AvgIpc) is 2.82. The van der Waals surface area contributed by atoms with Gasteiger partial charge in [-0.15, -0.1) is 0 Å². The Kier molecular flexibility index (Phi) is 4.53. The van der Waals surface area contributed by atoms with Crippen molar-refractivity contribution in [3.63, 3.8) is 0 Å². The summed E-state index contributed by atoms with van der Waals surface area (Å²) in [7, 11) is 0. The average molecular weight is 264 g/mol. The van der Waals surface area contributed by atoms with Crippen molar-refractivity contribution in [3.05, 3.63) is 29.3 Å². The summed E-state index contributed by atoms with van der Waals surface area (Å²) >= 11 is 1.91. The number of rotatable bonds is 4. The molecule has 1 aliphatic rings. The van der Waals surface area contributed by atoms with Crippen molar-refractivity contribution >= 4 is 23.4 Å². The lowest BCUT2D eigenvalue weighted by Gasteiger charge is -2.15. The van der Waals surface area contributed by atoms with Crippen molar-refractivity contribution in [2.45, 2.75) is 26.3 Å². The summed E-state index contributed by atoms with van der Waals surface area (Å²) in [5, 5.41) is 6.37. The molecule has 1 aliphatic heterocycles. The first kappa shape index (κ1) is 13.3. The van der Waals surface area contributed by atoms with Crippen LogP contribution < -0.4 is 10.6 Å². The molecule has 0 saturated carbocycles. The first-order chi connectivity index (χ1) is 8.70. The third-order valence-corrected chi connectivity index (χ3v) is 4.21. The highest BCUT2D eigenvalue weighted by molar-refractivity contribution is 7.99. The number of anilines is 1. The van der Waals surface area contributed by atoms with E-state index in [1.165, 1.54) is 5.56 Å². The van der Waals surface area contributed by atoms with E-state index < -0.39 is 0 Å². The predicted octanol–water partition coefficient (Wildman–Crippen LogP) is 2.66. The third-order valence-electron chi connectivity index (χ3n) is 3.05. The lowest BCUT2D eigenvalue weighted by molar-refractivity contribution is 0.0942. The number of hydrogen-bond acceptors (Lipinski definition) is 3. The topological polar surface area (TPSA) is 41.1 Å². The van der Waals surface area contributed by atoms with Crippen LogP contribution in [0.5, 0.6) is 0 Å². The van der Waals surface area contributed by atoms with Gasteiger partial charge in [0.2, 0.25) is 0 Å². The van der Waals surface area contributed by atoms with Crippen LogP contribution in [0.1, 0.15) is 29.3 Å². The van der Waals surface area contributed by atoms with Gasteiger partial charge in [-0.1, -0.05) is 6.07 Å². The van der Waals surface area contributed by atoms with Gasteiger partial charge in [-0.05, 0) is 43.7 Å². The van der Waals surface area contributed by atoms with Crippen LogP contribution >= 0.6 is 11.8 Å². The van der Waals surface area contributed by atoms with Crippen molar-refractivity contribution in [1.29, 1.82) is 0 Å². The molecule has 0 aliphatic carbocycles. The van der Waals surface area contributed by atoms with Gasteiger partial charge in [0.25, 0.3) is 5.91 Å². The van der Waals surface area contributed by atoms with E-state index in [2.05, 4.69) is 10.6 Å². The first-order valence-electron chi connectivity index (χ1n) is 6.44. The summed E-state index contributed by atoms with van der Waals surface area (Å²) in [4.78, 5) is 12.2.